The molecule has 10 heteroatoms. The number of nitrogens with one attached hydrogen (secondary N) is 1. The number of thiazole rings is 1. The van der Waals surface area contributed by atoms with Gasteiger partial charge in [-0.2, -0.15) is 0 Å². The van der Waals surface area contributed by atoms with Crippen LogP contribution in [0.3, 0.4) is 0 Å². The molecule has 0 saturated heterocycles. The Kier molecular flexibility index (Phi) is 7.46. The molecule has 2 heterocycles. The molecule has 184 valence electrons. The van der Waals surface area contributed by atoms with Crippen LogP contribution in [0, 0.1) is 29.3 Å². The van der Waals surface area contributed by atoms with E-state index in [0.717, 1.165) is 29.5 Å². The Bertz CT molecular complexity index is 1580. The van der Waals surface area contributed by atoms with E-state index in [4.69, 9.17) is 5.11 Å². The lowest BCUT2D eigenvalue weighted by molar-refractivity contribution is -0.132. The second-order valence-electron chi connectivity index (χ2n) is 7.64. The van der Waals surface area contributed by atoms with Crippen LogP contribution in [0.2, 0.25) is 0 Å². The summed E-state index contributed by atoms with van der Waals surface area (Å²) in [7, 11) is 0. The number of rotatable bonds is 5. The maximum atomic E-state index is 15.1. The highest BCUT2D eigenvalue weighted by Gasteiger charge is 2.18. The van der Waals surface area contributed by atoms with E-state index in [1.807, 2.05) is 0 Å². The Balaban J connectivity index is 1.54. The molecule has 1 amide bonds. The highest BCUT2D eigenvalue weighted by atomic mass is 32.1. The zero-order valence-electron chi connectivity index (χ0n) is 19.1. The SMILES string of the molecule is CC(=Cc1c(F)cc(C(=O)Nc2nc(-c3cccc(C#Cc4cccnc4)c3F)cs2)cc1F)C(=O)O. The number of hydrogen-bond acceptors (Lipinski definition) is 5. The van der Waals surface area contributed by atoms with Crippen molar-refractivity contribution in [3.63, 3.8) is 0 Å². The van der Waals surface area contributed by atoms with Crippen molar-refractivity contribution in [2.45, 2.75) is 6.92 Å². The predicted molar refractivity (Wildman–Crippen MR) is 133 cm³/mol. The van der Waals surface area contributed by atoms with E-state index in [9.17, 15) is 18.4 Å². The van der Waals surface area contributed by atoms with Gasteiger partial charge in [0.1, 0.15) is 17.5 Å². The van der Waals surface area contributed by atoms with Gasteiger partial charge in [0.15, 0.2) is 5.13 Å². The number of halogens is 3. The maximum absolute atomic E-state index is 15.1. The minimum absolute atomic E-state index is 0.0813. The molecule has 0 aliphatic rings. The third-order valence-corrected chi connectivity index (χ3v) is 5.80. The quantitative estimate of drug-likeness (QED) is 0.258. The summed E-state index contributed by atoms with van der Waals surface area (Å²) in [5.41, 5.74) is -0.00460. The number of carboxylic acids is 1. The fourth-order valence-electron chi connectivity index (χ4n) is 3.16. The molecular formula is C27H16F3N3O3S. The topological polar surface area (TPSA) is 92.2 Å². The fourth-order valence-corrected chi connectivity index (χ4v) is 3.86. The van der Waals surface area contributed by atoms with E-state index in [-0.39, 0.29) is 33.1 Å². The van der Waals surface area contributed by atoms with E-state index in [1.54, 1.807) is 30.6 Å². The summed E-state index contributed by atoms with van der Waals surface area (Å²) in [6.07, 6.45) is 4.00. The molecule has 0 unspecified atom stereocenters. The number of carbonyl (C=O) groups is 2. The van der Waals surface area contributed by atoms with Crippen LogP contribution in [0.5, 0.6) is 0 Å². The zero-order chi connectivity index (χ0) is 26.5. The van der Waals surface area contributed by atoms with Crippen molar-refractivity contribution in [1.29, 1.82) is 0 Å². The van der Waals surface area contributed by atoms with Gasteiger partial charge in [-0.1, -0.05) is 17.9 Å². The number of carbonyl (C=O) groups excluding carboxylic acids is 1. The average molecular weight is 520 g/mol. The van der Waals surface area contributed by atoms with Crippen molar-refractivity contribution in [2.24, 2.45) is 0 Å². The molecular weight excluding hydrogens is 503 g/mol. The van der Waals surface area contributed by atoms with Gasteiger partial charge in [-0.25, -0.2) is 22.9 Å². The second-order valence-corrected chi connectivity index (χ2v) is 8.50. The van der Waals surface area contributed by atoms with E-state index >= 15 is 4.39 Å². The molecule has 0 spiro atoms. The molecule has 2 N–H and O–H groups in total. The van der Waals surface area contributed by atoms with Crippen molar-refractivity contribution in [3.8, 4) is 23.1 Å². The summed E-state index contributed by atoms with van der Waals surface area (Å²) >= 11 is 0.999. The van der Waals surface area contributed by atoms with Gasteiger partial charge >= 0.3 is 5.97 Å². The third kappa shape index (κ3) is 5.91. The van der Waals surface area contributed by atoms with Crippen LogP contribution in [-0.4, -0.2) is 27.0 Å². The van der Waals surface area contributed by atoms with E-state index in [2.05, 4.69) is 27.1 Å². The number of anilines is 1. The van der Waals surface area contributed by atoms with Crippen molar-refractivity contribution >= 4 is 34.4 Å². The minimum Gasteiger partial charge on any atom is -0.478 e. The standard InChI is InChI=1S/C27H16F3N3O3S/c1-15(26(35)36)10-20-21(28)11-18(12-22(20)29)25(34)33-27-32-23(14-37-27)19-6-2-5-17(24(19)30)8-7-16-4-3-9-31-13-16/h2-6,9-14H,1H3,(H,35,36)(H,32,33,34). The van der Waals surface area contributed by atoms with E-state index in [0.29, 0.717) is 5.56 Å². The van der Waals surface area contributed by atoms with Crippen molar-refractivity contribution < 1.29 is 27.9 Å². The predicted octanol–water partition coefficient (Wildman–Crippen LogP) is 5.76. The number of amides is 1. The highest BCUT2D eigenvalue weighted by molar-refractivity contribution is 7.14. The van der Waals surface area contributed by atoms with Crippen LogP contribution in [-0.2, 0) is 4.79 Å². The molecule has 0 fully saturated rings. The van der Waals surface area contributed by atoms with Crippen LogP contribution in [0.25, 0.3) is 17.3 Å². The number of benzene rings is 2. The fraction of sp³-hybridized carbons (Fsp3) is 0.0370. The first kappa shape index (κ1) is 25.3. The number of pyridine rings is 1. The molecule has 0 aliphatic heterocycles. The van der Waals surface area contributed by atoms with Crippen LogP contribution < -0.4 is 5.32 Å². The van der Waals surface area contributed by atoms with Crippen molar-refractivity contribution in [2.75, 3.05) is 5.32 Å². The molecule has 4 aromatic rings. The lowest BCUT2D eigenvalue weighted by atomic mass is 10.1. The minimum atomic E-state index is -1.33. The van der Waals surface area contributed by atoms with Crippen LogP contribution in [0.4, 0.5) is 18.3 Å². The molecule has 0 radical (unpaired) electrons. The molecule has 2 aromatic carbocycles. The molecule has 0 saturated carbocycles. The van der Waals surface area contributed by atoms with Gasteiger partial charge in [0.05, 0.1) is 11.3 Å². The largest absolute Gasteiger partial charge is 0.478 e. The van der Waals surface area contributed by atoms with Gasteiger partial charge in [-0.15, -0.1) is 11.3 Å². The molecule has 37 heavy (non-hydrogen) atoms. The van der Waals surface area contributed by atoms with Gasteiger partial charge < -0.3 is 5.11 Å². The summed E-state index contributed by atoms with van der Waals surface area (Å²) in [4.78, 5) is 31.7. The normalized spacial score (nSPS) is 11.0. The second kappa shape index (κ2) is 10.9. The molecule has 2 aromatic heterocycles. The van der Waals surface area contributed by atoms with Crippen molar-refractivity contribution in [3.05, 3.63) is 106 Å². The summed E-state index contributed by atoms with van der Waals surface area (Å²) in [6.45, 7) is 1.19. The molecule has 0 aliphatic carbocycles. The Hall–Kier alpha value is -4.75. The number of aromatic nitrogens is 2. The number of nitrogens with zero attached hydrogens (tertiary/aromatic N) is 2. The summed E-state index contributed by atoms with van der Waals surface area (Å²) in [6, 6.07) is 9.71. The van der Waals surface area contributed by atoms with Crippen LogP contribution >= 0.6 is 11.3 Å². The molecule has 0 atom stereocenters. The first-order chi connectivity index (χ1) is 17.7. The Morgan fingerprint density at radius 3 is 2.51 bits per heavy atom. The zero-order valence-corrected chi connectivity index (χ0v) is 19.9. The number of hydrogen-bond donors (Lipinski definition) is 2. The summed E-state index contributed by atoms with van der Waals surface area (Å²) < 4.78 is 43.9. The lowest BCUT2D eigenvalue weighted by Gasteiger charge is -2.06. The summed E-state index contributed by atoms with van der Waals surface area (Å²) in [5, 5.41) is 12.9. The third-order valence-electron chi connectivity index (χ3n) is 5.04. The molecule has 6 nitrogen and oxygen atoms in total. The maximum Gasteiger partial charge on any atom is 0.331 e. The lowest BCUT2D eigenvalue weighted by Crippen LogP contribution is -2.13. The highest BCUT2D eigenvalue weighted by Crippen LogP contribution is 2.29. The smallest absolute Gasteiger partial charge is 0.331 e. The van der Waals surface area contributed by atoms with E-state index in [1.165, 1.54) is 24.4 Å². The molecule has 4 rings (SSSR count). The Labute approximate surface area is 213 Å². The number of carboxylic acid groups (broad SMARTS) is 1. The van der Waals surface area contributed by atoms with Gasteiger partial charge in [0.25, 0.3) is 5.91 Å². The van der Waals surface area contributed by atoms with Crippen LogP contribution in [0.15, 0.2) is 65.8 Å². The number of aliphatic carboxylic acids is 1. The average Bonchev–Trinajstić information content (AvgIpc) is 3.34. The Morgan fingerprint density at radius 1 is 1.08 bits per heavy atom. The van der Waals surface area contributed by atoms with Gasteiger partial charge in [-0.05, 0) is 49.4 Å². The van der Waals surface area contributed by atoms with E-state index < -0.39 is 34.9 Å². The first-order valence-corrected chi connectivity index (χ1v) is 11.5. The van der Waals surface area contributed by atoms with Gasteiger partial charge in [-0.3, -0.25) is 15.1 Å². The monoisotopic (exact) mass is 519 g/mol. The van der Waals surface area contributed by atoms with Crippen molar-refractivity contribution in [1.82, 2.24) is 9.97 Å². The van der Waals surface area contributed by atoms with Gasteiger partial charge in [0, 0.05) is 45.6 Å². The van der Waals surface area contributed by atoms with Gasteiger partial charge in [0.2, 0.25) is 0 Å². The Morgan fingerprint density at radius 2 is 1.84 bits per heavy atom. The first-order valence-electron chi connectivity index (χ1n) is 10.6. The summed E-state index contributed by atoms with van der Waals surface area (Å²) in [5.74, 6) is 0.635. The molecule has 0 bridgehead atoms. The van der Waals surface area contributed by atoms with Crippen LogP contribution in [0.1, 0.15) is 34.0 Å².